The van der Waals surface area contributed by atoms with Gasteiger partial charge in [-0.25, -0.2) is 0 Å². The Bertz CT molecular complexity index is 237. The van der Waals surface area contributed by atoms with Crippen molar-refractivity contribution >= 4 is 0 Å². The molecule has 0 aromatic carbocycles. The lowest BCUT2D eigenvalue weighted by atomic mass is 9.99. The van der Waals surface area contributed by atoms with E-state index in [0.717, 1.165) is 12.8 Å². The quantitative estimate of drug-likeness (QED) is 0.623. The molecule has 0 spiro atoms. The molecule has 2 atom stereocenters. The SMILES string of the molecule is CCC(C)(C)N(C)C(C)OC(C)N(C)C(C)(C)CC. The number of ether oxygens (including phenoxy) is 1. The lowest BCUT2D eigenvalue weighted by Crippen LogP contribution is -2.52. The highest BCUT2D eigenvalue weighted by Crippen LogP contribution is 2.23. The molecule has 0 radical (unpaired) electrons. The van der Waals surface area contributed by atoms with E-state index in [4.69, 9.17) is 4.74 Å². The molecule has 0 amide bonds. The molecule has 19 heavy (non-hydrogen) atoms. The Labute approximate surface area is 121 Å². The van der Waals surface area contributed by atoms with Crippen LogP contribution in [0.2, 0.25) is 0 Å². The van der Waals surface area contributed by atoms with Gasteiger partial charge in [-0.3, -0.25) is 9.80 Å². The molecular weight excluding hydrogens is 236 g/mol. The first kappa shape index (κ1) is 18.9. The molecule has 0 aliphatic heterocycles. The zero-order chi connectivity index (χ0) is 15.4. The molecule has 0 saturated carbocycles. The van der Waals surface area contributed by atoms with Crippen LogP contribution in [0.3, 0.4) is 0 Å². The third kappa shape index (κ3) is 5.05. The summed E-state index contributed by atoms with van der Waals surface area (Å²) in [5.41, 5.74) is 0.329. The van der Waals surface area contributed by atoms with Crippen molar-refractivity contribution in [3.05, 3.63) is 0 Å². The maximum Gasteiger partial charge on any atom is 0.110 e. The second-order valence-electron chi connectivity index (χ2n) is 6.89. The van der Waals surface area contributed by atoms with Gasteiger partial charge < -0.3 is 4.74 Å². The van der Waals surface area contributed by atoms with E-state index in [9.17, 15) is 0 Å². The van der Waals surface area contributed by atoms with Crippen LogP contribution in [0.5, 0.6) is 0 Å². The average Bonchev–Trinajstić information content (AvgIpc) is 2.36. The first-order valence-electron chi connectivity index (χ1n) is 7.61. The first-order chi connectivity index (χ1) is 8.49. The fraction of sp³-hybridized carbons (Fsp3) is 1.00. The Kier molecular flexibility index (Phi) is 7.01. The minimum atomic E-state index is 0.111. The Morgan fingerprint density at radius 1 is 0.789 bits per heavy atom. The van der Waals surface area contributed by atoms with E-state index in [2.05, 4.69) is 79.3 Å². The standard InChI is InChI=1S/C16H36N2O/c1-11-15(5,6)17(9)13(3)19-14(4)18(10)16(7,8)12-2/h13-14H,11-12H2,1-10H3. The van der Waals surface area contributed by atoms with E-state index < -0.39 is 0 Å². The maximum atomic E-state index is 6.20. The number of rotatable bonds is 8. The average molecular weight is 272 g/mol. The van der Waals surface area contributed by atoms with Crippen LogP contribution >= 0.6 is 0 Å². The van der Waals surface area contributed by atoms with Crippen LogP contribution in [0.15, 0.2) is 0 Å². The maximum absolute atomic E-state index is 6.20. The van der Waals surface area contributed by atoms with Gasteiger partial charge in [0.05, 0.1) is 0 Å². The van der Waals surface area contributed by atoms with Gasteiger partial charge in [0.15, 0.2) is 0 Å². The summed E-state index contributed by atoms with van der Waals surface area (Å²) in [7, 11) is 4.29. The third-order valence-electron chi connectivity index (χ3n) is 5.12. The zero-order valence-electron chi connectivity index (χ0n) is 14.9. The van der Waals surface area contributed by atoms with Crippen LogP contribution < -0.4 is 0 Å². The van der Waals surface area contributed by atoms with Crippen molar-refractivity contribution in [1.29, 1.82) is 0 Å². The van der Waals surface area contributed by atoms with Crippen LogP contribution in [0.1, 0.15) is 68.2 Å². The fourth-order valence-electron chi connectivity index (χ4n) is 1.95. The summed E-state index contributed by atoms with van der Waals surface area (Å²) in [5.74, 6) is 0. The van der Waals surface area contributed by atoms with Gasteiger partial charge in [-0.05, 0) is 68.5 Å². The summed E-state index contributed by atoms with van der Waals surface area (Å²) in [6.07, 6.45) is 2.45. The molecule has 116 valence electrons. The van der Waals surface area contributed by atoms with Gasteiger partial charge in [0.25, 0.3) is 0 Å². The largest absolute Gasteiger partial charge is 0.345 e. The summed E-state index contributed by atoms with van der Waals surface area (Å²) in [6.45, 7) is 17.8. The van der Waals surface area contributed by atoms with Crippen molar-refractivity contribution in [2.24, 2.45) is 0 Å². The van der Waals surface area contributed by atoms with Gasteiger partial charge >= 0.3 is 0 Å². The highest BCUT2D eigenvalue weighted by atomic mass is 16.5. The summed E-state index contributed by atoms with van der Waals surface area (Å²) >= 11 is 0. The normalized spacial score (nSPS) is 17.1. The van der Waals surface area contributed by atoms with Crippen LogP contribution in [-0.4, -0.2) is 47.4 Å². The van der Waals surface area contributed by atoms with Gasteiger partial charge in [-0.1, -0.05) is 13.8 Å². The van der Waals surface area contributed by atoms with Gasteiger partial charge in [-0.15, -0.1) is 0 Å². The van der Waals surface area contributed by atoms with E-state index in [-0.39, 0.29) is 23.5 Å². The lowest BCUT2D eigenvalue weighted by Gasteiger charge is -2.44. The molecular formula is C16H36N2O. The molecule has 3 heteroatoms. The summed E-state index contributed by atoms with van der Waals surface area (Å²) in [6, 6.07) is 0. The van der Waals surface area contributed by atoms with Crippen LogP contribution in [0.25, 0.3) is 0 Å². The molecule has 0 aliphatic carbocycles. The highest BCUT2D eigenvalue weighted by molar-refractivity contribution is 4.81. The van der Waals surface area contributed by atoms with Crippen molar-refractivity contribution in [3.63, 3.8) is 0 Å². The van der Waals surface area contributed by atoms with Crippen molar-refractivity contribution in [2.45, 2.75) is 91.8 Å². The molecule has 0 heterocycles. The van der Waals surface area contributed by atoms with E-state index in [1.807, 2.05) is 0 Å². The second-order valence-corrected chi connectivity index (χ2v) is 6.89. The Morgan fingerprint density at radius 2 is 1.05 bits per heavy atom. The fourth-order valence-corrected chi connectivity index (χ4v) is 1.95. The topological polar surface area (TPSA) is 15.7 Å². The molecule has 2 unspecified atom stereocenters. The van der Waals surface area contributed by atoms with Gasteiger partial charge in [0, 0.05) is 11.1 Å². The number of nitrogens with zero attached hydrogens (tertiary/aromatic N) is 2. The Hall–Kier alpha value is -0.120. The molecule has 0 aliphatic rings. The smallest absolute Gasteiger partial charge is 0.110 e. The Morgan fingerprint density at radius 3 is 1.26 bits per heavy atom. The summed E-state index contributed by atoms with van der Waals surface area (Å²) < 4.78 is 6.20. The minimum Gasteiger partial charge on any atom is -0.345 e. The monoisotopic (exact) mass is 272 g/mol. The Balaban J connectivity index is 4.61. The van der Waals surface area contributed by atoms with Crippen molar-refractivity contribution in [2.75, 3.05) is 14.1 Å². The highest BCUT2D eigenvalue weighted by Gasteiger charge is 2.30. The molecule has 0 aromatic rings. The second kappa shape index (κ2) is 7.05. The lowest BCUT2D eigenvalue weighted by molar-refractivity contribution is -0.166. The molecule has 0 saturated heterocycles. The van der Waals surface area contributed by atoms with E-state index in [0.29, 0.717) is 0 Å². The van der Waals surface area contributed by atoms with E-state index in [1.54, 1.807) is 0 Å². The van der Waals surface area contributed by atoms with E-state index >= 15 is 0 Å². The van der Waals surface area contributed by atoms with Crippen LogP contribution in [0, 0.1) is 0 Å². The summed E-state index contributed by atoms with van der Waals surface area (Å²) in [5, 5.41) is 0. The zero-order valence-corrected chi connectivity index (χ0v) is 14.9. The van der Waals surface area contributed by atoms with Gasteiger partial charge in [0.2, 0.25) is 0 Å². The molecule has 0 bridgehead atoms. The molecule has 0 rings (SSSR count). The van der Waals surface area contributed by atoms with Crippen molar-refractivity contribution in [1.82, 2.24) is 9.80 Å². The predicted molar refractivity (Wildman–Crippen MR) is 84.3 cm³/mol. The number of hydrogen-bond acceptors (Lipinski definition) is 3. The molecule has 0 aromatic heterocycles. The van der Waals surface area contributed by atoms with Gasteiger partial charge in [0.1, 0.15) is 12.5 Å². The van der Waals surface area contributed by atoms with Crippen LogP contribution in [0.4, 0.5) is 0 Å². The molecule has 0 fully saturated rings. The first-order valence-corrected chi connectivity index (χ1v) is 7.61. The predicted octanol–water partition coefficient (Wildman–Crippen LogP) is 3.94. The number of hydrogen-bond donors (Lipinski definition) is 0. The van der Waals surface area contributed by atoms with E-state index in [1.165, 1.54) is 0 Å². The molecule has 3 nitrogen and oxygen atoms in total. The van der Waals surface area contributed by atoms with Gasteiger partial charge in [-0.2, -0.15) is 0 Å². The van der Waals surface area contributed by atoms with Crippen molar-refractivity contribution < 1.29 is 4.74 Å². The molecule has 0 N–H and O–H groups in total. The minimum absolute atomic E-state index is 0.111. The van der Waals surface area contributed by atoms with Crippen molar-refractivity contribution in [3.8, 4) is 0 Å². The summed E-state index contributed by atoms with van der Waals surface area (Å²) in [4.78, 5) is 4.63. The third-order valence-corrected chi connectivity index (χ3v) is 5.12. The van der Waals surface area contributed by atoms with Crippen LogP contribution in [-0.2, 0) is 4.74 Å².